The monoisotopic (exact) mass is 980 g/mol. The Kier molecular flexibility index (Phi) is 13.7. The number of nitrogens with zero attached hydrogens (tertiary/aromatic N) is 3. The van der Waals surface area contributed by atoms with Crippen molar-refractivity contribution in [3.8, 4) is 11.5 Å². The van der Waals surface area contributed by atoms with E-state index in [4.69, 9.17) is 32.7 Å². The minimum absolute atomic E-state index is 0.00958. The smallest absolute Gasteiger partial charge is 0.351 e. The third-order valence-electron chi connectivity index (χ3n) is 14.6. The fourth-order valence-corrected chi connectivity index (χ4v) is 16.7. The molecule has 1 N–H and O–H groups in total. The highest BCUT2D eigenvalue weighted by Gasteiger charge is 2.66. The molecule has 5 aromatic carbocycles. The predicted molar refractivity (Wildman–Crippen MR) is 273 cm³/mol. The van der Waals surface area contributed by atoms with Crippen LogP contribution in [0.15, 0.2) is 151 Å². The minimum Gasteiger partial charge on any atom is -0.497 e. The highest BCUT2D eigenvalue weighted by molar-refractivity contribution is 7.45. The van der Waals surface area contributed by atoms with E-state index >= 15 is 0 Å². The maximum absolute atomic E-state index is 14.1. The number of aromatic nitrogens is 2. The summed E-state index contributed by atoms with van der Waals surface area (Å²) in [7, 11) is -0.631. The zero-order valence-electron chi connectivity index (χ0n) is 40.5. The predicted octanol–water partition coefficient (Wildman–Crippen LogP) is 8.21. The van der Waals surface area contributed by atoms with E-state index in [1.54, 1.807) is 34.3 Å². The van der Waals surface area contributed by atoms with Gasteiger partial charge in [0.05, 0.1) is 33.5 Å². The van der Waals surface area contributed by atoms with Crippen LogP contribution in [0, 0.1) is 12.8 Å². The molecule has 10 rings (SSSR count). The van der Waals surface area contributed by atoms with E-state index in [1.807, 2.05) is 73.7 Å². The lowest BCUT2D eigenvalue weighted by molar-refractivity contribution is -0.203. The molecule has 0 unspecified atom stereocenters. The number of rotatable bonds is 17. The summed E-state index contributed by atoms with van der Waals surface area (Å²) in [4.78, 5) is 31.3. The summed E-state index contributed by atoms with van der Waals surface area (Å²) in [6.07, 6.45) is 1.21. The van der Waals surface area contributed by atoms with Crippen molar-refractivity contribution in [3.63, 3.8) is 0 Å². The number of ether oxygens (including phenoxy) is 5. The molecule has 1 amide bonds. The standard InChI is InChI=1S/C55H61N4O9PSi/c1-37(2)51(60)56-50-38(3)33-58(53(61)57-50)52-48-49(68-69-59-32-16-23-46(59)47(67-69)34-70(6,44-19-12-8-13-20-44)45-21-14-9-15-22-45)54(66-52,35-64-48)36-65-55(39-17-10-7-11-18-39,40-24-28-42(62-4)29-25-40)41-26-30-43(63-5)31-27-41/h7-15,17-22,24-31,33,37,46-49,52H,16,23,32,34-36H2,1-6H3,(H,56,57,60,61)/t46-,47+,48+,49-,52+,54+,69-/m0/s1. The highest BCUT2D eigenvalue weighted by Crippen LogP contribution is 2.61. The largest absolute Gasteiger partial charge is 0.497 e. The molecule has 0 saturated carbocycles. The van der Waals surface area contributed by atoms with E-state index in [9.17, 15) is 9.59 Å². The first-order chi connectivity index (χ1) is 34.0. The Morgan fingerprint density at radius 1 is 0.857 bits per heavy atom. The van der Waals surface area contributed by atoms with Gasteiger partial charge in [-0.15, -0.1) is 0 Å². The molecule has 70 heavy (non-hydrogen) atoms. The average molecular weight is 981 g/mol. The number of amides is 1. The van der Waals surface area contributed by atoms with Crippen LogP contribution in [0.2, 0.25) is 12.6 Å². The Balaban J connectivity index is 1.04. The quantitative estimate of drug-likeness (QED) is 0.0539. The van der Waals surface area contributed by atoms with Gasteiger partial charge in [0.15, 0.2) is 6.23 Å². The van der Waals surface area contributed by atoms with Gasteiger partial charge in [0.25, 0.3) is 8.53 Å². The second kappa shape index (κ2) is 19.9. The van der Waals surface area contributed by atoms with E-state index in [2.05, 4.69) is 94.3 Å². The van der Waals surface area contributed by atoms with Gasteiger partial charge in [0.1, 0.15) is 48.8 Å². The second-order valence-electron chi connectivity index (χ2n) is 19.3. The first-order valence-electron chi connectivity index (χ1n) is 24.2. The van der Waals surface area contributed by atoms with Gasteiger partial charge in [0.2, 0.25) is 5.91 Å². The van der Waals surface area contributed by atoms with Crippen molar-refractivity contribution in [2.45, 2.75) is 88.0 Å². The molecule has 4 saturated heterocycles. The third kappa shape index (κ3) is 8.83. The lowest BCUT2D eigenvalue weighted by atomic mass is 9.79. The van der Waals surface area contributed by atoms with Crippen molar-refractivity contribution < 1.29 is 37.5 Å². The normalized spacial score (nSPS) is 24.2. The summed E-state index contributed by atoms with van der Waals surface area (Å²) in [5.74, 6) is 1.08. The number of hydrogen-bond donors (Lipinski definition) is 1. The van der Waals surface area contributed by atoms with E-state index in [1.165, 1.54) is 14.9 Å². The van der Waals surface area contributed by atoms with Gasteiger partial charge in [-0.05, 0) is 66.8 Å². The summed E-state index contributed by atoms with van der Waals surface area (Å²) in [6, 6.07) is 48.8. The topological polar surface area (TPSA) is 132 Å². The molecule has 0 aliphatic carbocycles. The zero-order chi connectivity index (χ0) is 48.6. The molecule has 6 aromatic rings. The van der Waals surface area contributed by atoms with E-state index in [0.29, 0.717) is 17.1 Å². The van der Waals surface area contributed by atoms with Crippen LogP contribution < -0.4 is 30.9 Å². The average Bonchev–Trinajstić information content (AvgIpc) is 4.17. The van der Waals surface area contributed by atoms with Crippen molar-refractivity contribution in [2.24, 2.45) is 5.92 Å². The van der Waals surface area contributed by atoms with Gasteiger partial charge in [-0.1, -0.05) is 146 Å². The van der Waals surface area contributed by atoms with E-state index in [0.717, 1.165) is 42.1 Å². The fraction of sp³-hybridized carbons (Fsp3) is 0.364. The first kappa shape index (κ1) is 48.1. The summed E-state index contributed by atoms with van der Waals surface area (Å²) in [6.45, 7) is 8.80. The van der Waals surface area contributed by atoms with E-state index in [-0.39, 0.29) is 43.0 Å². The number of methoxy groups -OCH3 is 2. The first-order valence-corrected chi connectivity index (χ1v) is 28.0. The van der Waals surface area contributed by atoms with Crippen LogP contribution >= 0.6 is 8.53 Å². The molecule has 15 heteroatoms. The number of fused-ring (bicyclic) bond motifs is 3. The van der Waals surface area contributed by atoms with Crippen LogP contribution in [0.4, 0.5) is 5.82 Å². The van der Waals surface area contributed by atoms with Crippen molar-refractivity contribution >= 4 is 38.7 Å². The van der Waals surface area contributed by atoms with Gasteiger partial charge < -0.3 is 38.0 Å². The molecule has 364 valence electrons. The zero-order valence-corrected chi connectivity index (χ0v) is 42.4. The molecule has 1 aromatic heterocycles. The summed E-state index contributed by atoms with van der Waals surface area (Å²) in [5.41, 5.74) is 0.179. The van der Waals surface area contributed by atoms with Crippen LogP contribution in [-0.4, -0.2) is 92.1 Å². The summed E-state index contributed by atoms with van der Waals surface area (Å²) >= 11 is 0. The van der Waals surface area contributed by atoms with E-state index < -0.39 is 51.9 Å². The Morgan fingerprint density at radius 3 is 2.00 bits per heavy atom. The van der Waals surface area contributed by atoms with Crippen molar-refractivity contribution in [3.05, 3.63) is 178 Å². The molecular weight excluding hydrogens is 920 g/mol. The molecule has 0 radical (unpaired) electrons. The van der Waals surface area contributed by atoms with Gasteiger partial charge in [-0.3, -0.25) is 9.36 Å². The Bertz CT molecular complexity index is 2740. The molecule has 4 fully saturated rings. The Labute approximate surface area is 412 Å². The van der Waals surface area contributed by atoms with Crippen LogP contribution in [0.1, 0.15) is 55.2 Å². The van der Waals surface area contributed by atoms with Gasteiger partial charge in [0, 0.05) is 30.3 Å². The fourth-order valence-electron chi connectivity index (χ4n) is 10.7. The molecular formula is C55H61N4O9PSi. The Morgan fingerprint density at radius 2 is 1.43 bits per heavy atom. The molecule has 13 nitrogen and oxygen atoms in total. The Hall–Kier alpha value is -5.54. The van der Waals surface area contributed by atoms with Crippen molar-refractivity contribution in [1.82, 2.24) is 14.2 Å². The van der Waals surface area contributed by atoms with Gasteiger partial charge >= 0.3 is 5.69 Å². The van der Waals surface area contributed by atoms with Gasteiger partial charge in [-0.25, -0.2) is 9.46 Å². The number of benzene rings is 5. The number of aryl methyl sites for hydroxylation is 1. The maximum atomic E-state index is 14.1. The van der Waals surface area contributed by atoms with Gasteiger partial charge in [-0.2, -0.15) is 4.98 Å². The summed E-state index contributed by atoms with van der Waals surface area (Å²) in [5, 5.41) is 5.54. The number of anilines is 1. The van der Waals surface area contributed by atoms with Crippen LogP contribution in [0.5, 0.6) is 11.5 Å². The number of carbonyl (C=O) groups is 1. The van der Waals surface area contributed by atoms with Crippen LogP contribution in [0.25, 0.3) is 0 Å². The molecule has 4 aliphatic heterocycles. The molecule has 7 atom stereocenters. The minimum atomic E-state index is -2.31. The second-order valence-corrected chi connectivity index (χ2v) is 24.9. The van der Waals surface area contributed by atoms with Crippen LogP contribution in [-0.2, 0) is 33.7 Å². The SMILES string of the molecule is COc1ccc(C(OC[C@@]23CO[C@@H]([C@H](n4cc(C)c(NC(=O)C(C)C)nc4=O)O2)[C@@H]3O[P@]2O[C@H](C[Si](C)(c3ccccc3)c3ccccc3)[C@@H]3CCCN32)(c2ccccc2)c2ccc(OC)cc2)cc1. The number of carbonyl (C=O) groups excluding carboxylic acids is 1. The van der Waals surface area contributed by atoms with Crippen LogP contribution in [0.3, 0.4) is 0 Å². The highest BCUT2D eigenvalue weighted by atomic mass is 31.2. The molecule has 4 aliphatic rings. The van der Waals surface area contributed by atoms with Crippen molar-refractivity contribution in [2.75, 3.05) is 39.3 Å². The van der Waals surface area contributed by atoms with Crippen molar-refractivity contribution in [1.29, 1.82) is 0 Å². The lowest BCUT2D eigenvalue weighted by Gasteiger charge is -2.40. The molecule has 0 spiro atoms. The molecule has 2 bridgehead atoms. The summed E-state index contributed by atoms with van der Waals surface area (Å²) < 4.78 is 51.4. The lowest BCUT2D eigenvalue weighted by Crippen LogP contribution is -2.58. The third-order valence-corrected chi connectivity index (χ3v) is 20.8. The number of hydrogen-bond acceptors (Lipinski definition) is 11. The maximum Gasteiger partial charge on any atom is 0.351 e. The molecule has 5 heterocycles. The number of nitrogens with one attached hydrogen (secondary N) is 1.